The summed E-state index contributed by atoms with van der Waals surface area (Å²) in [7, 11) is 0. The first kappa shape index (κ1) is 22.8. The molecule has 0 bridgehead atoms. The Morgan fingerprint density at radius 3 is 2.15 bits per heavy atom. The summed E-state index contributed by atoms with van der Waals surface area (Å²) in [6.07, 6.45) is -10.8. The SMILES string of the molecule is C[C@H]1[C@H](O)[C@@H](O)C(O[C@H]2[C@H](O)[C@@H](OCCCN)[C@@H](O)O[C@@H]2CO)O[C@@H]1CO. The fourth-order valence-electron chi connectivity index (χ4n) is 3.25. The quantitative estimate of drug-likeness (QED) is 0.200. The molecule has 27 heavy (non-hydrogen) atoms. The third kappa shape index (κ3) is 5.14. The molecule has 0 aromatic carbocycles. The molecule has 2 rings (SSSR count). The van der Waals surface area contributed by atoms with Gasteiger partial charge in [-0.3, -0.25) is 0 Å². The van der Waals surface area contributed by atoms with Crippen LogP contribution in [0.1, 0.15) is 13.3 Å². The van der Waals surface area contributed by atoms with Crippen LogP contribution in [0.2, 0.25) is 0 Å². The Labute approximate surface area is 157 Å². The van der Waals surface area contributed by atoms with Gasteiger partial charge in [-0.2, -0.15) is 0 Å². The van der Waals surface area contributed by atoms with E-state index in [1.807, 2.05) is 0 Å². The van der Waals surface area contributed by atoms with E-state index in [4.69, 9.17) is 24.7 Å². The number of aliphatic hydroxyl groups is 6. The van der Waals surface area contributed by atoms with Gasteiger partial charge in [0, 0.05) is 12.5 Å². The van der Waals surface area contributed by atoms with Crippen LogP contribution in [0.25, 0.3) is 0 Å². The lowest BCUT2D eigenvalue weighted by atomic mass is 9.91. The fraction of sp³-hybridized carbons (Fsp3) is 1.00. The fourth-order valence-corrected chi connectivity index (χ4v) is 3.25. The van der Waals surface area contributed by atoms with Crippen LogP contribution < -0.4 is 5.73 Å². The van der Waals surface area contributed by atoms with Crippen molar-refractivity contribution < 1.29 is 49.6 Å². The van der Waals surface area contributed by atoms with Gasteiger partial charge in [-0.05, 0) is 13.0 Å². The van der Waals surface area contributed by atoms with Crippen molar-refractivity contribution in [2.45, 2.75) is 68.7 Å². The Morgan fingerprint density at radius 1 is 0.889 bits per heavy atom. The van der Waals surface area contributed by atoms with Crippen molar-refractivity contribution in [3.8, 4) is 0 Å². The number of ether oxygens (including phenoxy) is 4. The number of hydrogen-bond acceptors (Lipinski definition) is 11. The normalized spacial score (nSPS) is 45.8. The molecule has 0 spiro atoms. The van der Waals surface area contributed by atoms with Crippen LogP contribution in [0.5, 0.6) is 0 Å². The lowest BCUT2D eigenvalue weighted by Gasteiger charge is -2.46. The average Bonchev–Trinajstić information content (AvgIpc) is 2.66. The van der Waals surface area contributed by atoms with Gasteiger partial charge in [0.2, 0.25) is 0 Å². The first-order valence-electron chi connectivity index (χ1n) is 9.07. The second kappa shape index (κ2) is 10.4. The van der Waals surface area contributed by atoms with E-state index in [-0.39, 0.29) is 6.61 Å². The van der Waals surface area contributed by atoms with Crippen LogP contribution in [-0.2, 0) is 18.9 Å². The molecular formula is C16H31NO10. The van der Waals surface area contributed by atoms with Crippen molar-refractivity contribution in [3.63, 3.8) is 0 Å². The van der Waals surface area contributed by atoms with Crippen molar-refractivity contribution >= 4 is 0 Å². The first-order chi connectivity index (χ1) is 12.8. The molecule has 0 aromatic rings. The van der Waals surface area contributed by atoms with Gasteiger partial charge in [0.15, 0.2) is 12.6 Å². The lowest BCUT2D eigenvalue weighted by molar-refractivity contribution is -0.354. The zero-order valence-electron chi connectivity index (χ0n) is 15.2. The van der Waals surface area contributed by atoms with Gasteiger partial charge in [-0.25, -0.2) is 0 Å². The lowest BCUT2D eigenvalue weighted by Crippen LogP contribution is -2.63. The molecule has 10 atom stereocenters. The van der Waals surface area contributed by atoms with Crippen LogP contribution in [-0.4, -0.2) is 112 Å². The number of nitrogens with two attached hydrogens (primary N) is 1. The smallest absolute Gasteiger partial charge is 0.187 e. The van der Waals surface area contributed by atoms with Crippen LogP contribution in [0.3, 0.4) is 0 Å². The molecule has 1 unspecified atom stereocenters. The highest BCUT2D eigenvalue weighted by atomic mass is 16.7. The third-order valence-electron chi connectivity index (χ3n) is 5.01. The maximum Gasteiger partial charge on any atom is 0.187 e. The van der Waals surface area contributed by atoms with Gasteiger partial charge in [-0.1, -0.05) is 6.92 Å². The summed E-state index contributed by atoms with van der Waals surface area (Å²) < 4.78 is 21.7. The number of hydrogen-bond donors (Lipinski definition) is 7. The highest BCUT2D eigenvalue weighted by Gasteiger charge is 2.50. The van der Waals surface area contributed by atoms with Gasteiger partial charge in [0.25, 0.3) is 0 Å². The van der Waals surface area contributed by atoms with Crippen molar-refractivity contribution in [1.29, 1.82) is 0 Å². The van der Waals surface area contributed by atoms with Gasteiger partial charge in [-0.15, -0.1) is 0 Å². The van der Waals surface area contributed by atoms with E-state index in [9.17, 15) is 30.6 Å². The highest BCUT2D eigenvalue weighted by Crippen LogP contribution is 2.31. The molecule has 11 nitrogen and oxygen atoms in total. The summed E-state index contributed by atoms with van der Waals surface area (Å²) in [5.41, 5.74) is 5.39. The molecular weight excluding hydrogens is 366 g/mol. The standard InChI is InChI=1S/C16H31NO10/c1-7-8(5-18)26-16(11(21)10(7)20)27-13-9(6-19)25-15(23)14(12(13)22)24-4-2-3-17/h7-16,18-23H,2-6,17H2,1H3/t7-,8-,9-,10+,11-,12+,13-,14-,15+,16?/m1/s1. The molecule has 2 heterocycles. The third-order valence-corrected chi connectivity index (χ3v) is 5.01. The minimum Gasteiger partial charge on any atom is -0.394 e. The molecule has 160 valence electrons. The van der Waals surface area contributed by atoms with Crippen LogP contribution >= 0.6 is 0 Å². The molecule has 0 aromatic heterocycles. The van der Waals surface area contributed by atoms with Crippen molar-refractivity contribution in [2.24, 2.45) is 11.7 Å². The van der Waals surface area contributed by atoms with E-state index in [0.717, 1.165) is 0 Å². The van der Waals surface area contributed by atoms with E-state index < -0.39 is 74.4 Å². The molecule has 0 saturated carbocycles. The predicted octanol–water partition coefficient (Wildman–Crippen LogP) is -3.75. The summed E-state index contributed by atoms with van der Waals surface area (Å²) in [4.78, 5) is 0. The molecule has 2 aliphatic rings. The zero-order valence-corrected chi connectivity index (χ0v) is 15.2. The largest absolute Gasteiger partial charge is 0.394 e. The molecule has 2 aliphatic heterocycles. The summed E-state index contributed by atoms with van der Waals surface area (Å²) in [6.45, 7) is 1.15. The maximum atomic E-state index is 10.6. The van der Waals surface area contributed by atoms with E-state index >= 15 is 0 Å². The summed E-state index contributed by atoms with van der Waals surface area (Å²) in [6, 6.07) is 0. The van der Waals surface area contributed by atoms with Crippen molar-refractivity contribution in [1.82, 2.24) is 0 Å². The Balaban J connectivity index is 2.10. The molecule has 0 radical (unpaired) electrons. The van der Waals surface area contributed by atoms with Crippen molar-refractivity contribution in [2.75, 3.05) is 26.4 Å². The van der Waals surface area contributed by atoms with Gasteiger partial charge in [0.1, 0.15) is 30.5 Å². The first-order valence-corrected chi connectivity index (χ1v) is 9.07. The molecule has 8 N–H and O–H groups in total. The van der Waals surface area contributed by atoms with Crippen LogP contribution in [0.15, 0.2) is 0 Å². The van der Waals surface area contributed by atoms with E-state index in [1.165, 1.54) is 0 Å². The van der Waals surface area contributed by atoms with Gasteiger partial charge < -0.3 is 55.3 Å². The minimum atomic E-state index is -1.50. The Morgan fingerprint density at radius 2 is 1.56 bits per heavy atom. The second-order valence-corrected chi connectivity index (χ2v) is 6.88. The maximum absolute atomic E-state index is 10.6. The van der Waals surface area contributed by atoms with Crippen molar-refractivity contribution in [3.05, 3.63) is 0 Å². The topological polar surface area (TPSA) is 184 Å². The second-order valence-electron chi connectivity index (χ2n) is 6.88. The molecule has 2 saturated heterocycles. The molecule has 2 fully saturated rings. The van der Waals surface area contributed by atoms with Gasteiger partial charge in [0.05, 0.1) is 25.4 Å². The highest BCUT2D eigenvalue weighted by molar-refractivity contribution is 4.93. The van der Waals surface area contributed by atoms with Gasteiger partial charge >= 0.3 is 0 Å². The summed E-state index contributed by atoms with van der Waals surface area (Å²) in [5.74, 6) is -0.541. The molecule has 11 heteroatoms. The average molecular weight is 397 g/mol. The van der Waals surface area contributed by atoms with E-state index in [2.05, 4.69) is 0 Å². The Bertz CT molecular complexity index is 441. The monoisotopic (exact) mass is 397 g/mol. The molecule has 0 aliphatic carbocycles. The van der Waals surface area contributed by atoms with Crippen LogP contribution in [0.4, 0.5) is 0 Å². The number of rotatable bonds is 8. The predicted molar refractivity (Wildman–Crippen MR) is 89.2 cm³/mol. The van der Waals surface area contributed by atoms with E-state index in [0.29, 0.717) is 13.0 Å². The molecule has 0 amide bonds. The minimum absolute atomic E-state index is 0.167. The Hall–Kier alpha value is -0.440. The summed E-state index contributed by atoms with van der Waals surface area (Å²) in [5, 5.41) is 59.8. The Kier molecular flexibility index (Phi) is 8.77. The van der Waals surface area contributed by atoms with E-state index in [1.54, 1.807) is 6.92 Å². The summed E-state index contributed by atoms with van der Waals surface area (Å²) >= 11 is 0. The number of aliphatic hydroxyl groups excluding tert-OH is 6. The van der Waals surface area contributed by atoms with Crippen LogP contribution in [0, 0.1) is 5.92 Å². The zero-order chi connectivity index (χ0) is 20.1.